The fraction of sp³-hybridized carbons (Fsp3) is 0.238. The topological polar surface area (TPSA) is 59.0 Å². The zero-order chi connectivity index (χ0) is 21.5. The van der Waals surface area contributed by atoms with Crippen molar-refractivity contribution < 1.29 is 18.0 Å². The Kier molecular flexibility index (Phi) is 5.19. The number of rotatable bonds is 3. The summed E-state index contributed by atoms with van der Waals surface area (Å²) in [4.78, 5) is 12.7. The molecule has 0 spiro atoms. The van der Waals surface area contributed by atoms with Crippen molar-refractivity contribution in [1.82, 2.24) is 9.78 Å². The molecular formula is C21H18ClF3N4O. The number of alkyl halides is 3. The number of anilines is 2. The number of carbonyl (C=O) groups is 1. The average molecular weight is 435 g/mol. The molecule has 0 saturated carbocycles. The van der Waals surface area contributed by atoms with Gasteiger partial charge < -0.3 is 10.6 Å². The van der Waals surface area contributed by atoms with Crippen molar-refractivity contribution in [2.75, 3.05) is 10.6 Å². The normalized spacial score (nSPS) is 18.4. The molecule has 4 rings (SSSR count). The zero-order valence-electron chi connectivity index (χ0n) is 15.9. The van der Waals surface area contributed by atoms with Crippen molar-refractivity contribution in [2.45, 2.75) is 31.6 Å². The average Bonchev–Trinajstić information content (AvgIpc) is 3.15. The number of fused-ring (bicyclic) bond motifs is 1. The van der Waals surface area contributed by atoms with Crippen molar-refractivity contribution in [3.63, 3.8) is 0 Å². The van der Waals surface area contributed by atoms with Gasteiger partial charge in [0.1, 0.15) is 5.82 Å². The van der Waals surface area contributed by atoms with Crippen molar-refractivity contribution in [3.8, 4) is 0 Å². The summed E-state index contributed by atoms with van der Waals surface area (Å²) in [5.41, 5.74) is 1.76. The lowest BCUT2D eigenvalue weighted by molar-refractivity contribution is -0.173. The zero-order valence-corrected chi connectivity index (χ0v) is 16.6. The summed E-state index contributed by atoms with van der Waals surface area (Å²) in [6.45, 7) is 1.74. The molecule has 3 aromatic rings. The Balaban J connectivity index is 1.65. The van der Waals surface area contributed by atoms with E-state index in [4.69, 9.17) is 11.6 Å². The fourth-order valence-corrected chi connectivity index (χ4v) is 3.69. The van der Waals surface area contributed by atoms with E-state index < -0.39 is 24.2 Å². The molecule has 1 amide bonds. The van der Waals surface area contributed by atoms with Gasteiger partial charge in [0.05, 0.1) is 6.04 Å². The molecule has 2 aromatic carbocycles. The Morgan fingerprint density at radius 3 is 2.63 bits per heavy atom. The minimum atomic E-state index is -4.51. The van der Waals surface area contributed by atoms with Gasteiger partial charge in [-0.05, 0) is 30.2 Å². The molecule has 1 aliphatic heterocycles. The summed E-state index contributed by atoms with van der Waals surface area (Å²) >= 11 is 6.06. The minimum Gasteiger partial charge on any atom is -0.363 e. The molecule has 2 unspecified atom stereocenters. The summed E-state index contributed by atoms with van der Waals surface area (Å²) in [5.74, 6) is -0.466. The van der Waals surface area contributed by atoms with Gasteiger partial charge in [-0.15, -0.1) is 0 Å². The van der Waals surface area contributed by atoms with Crippen LogP contribution in [-0.4, -0.2) is 21.9 Å². The largest absolute Gasteiger partial charge is 0.410 e. The fourth-order valence-electron chi connectivity index (χ4n) is 3.52. The van der Waals surface area contributed by atoms with Crippen LogP contribution >= 0.6 is 11.6 Å². The van der Waals surface area contributed by atoms with Crippen molar-refractivity contribution in [1.29, 1.82) is 0 Å². The van der Waals surface area contributed by atoms with Crippen LogP contribution < -0.4 is 10.6 Å². The second kappa shape index (κ2) is 7.68. The van der Waals surface area contributed by atoms with Gasteiger partial charge in [0.25, 0.3) is 5.91 Å². The Labute approximate surface area is 175 Å². The molecule has 5 nitrogen and oxygen atoms in total. The number of hydrogen-bond donors (Lipinski definition) is 2. The van der Waals surface area contributed by atoms with E-state index in [-0.39, 0.29) is 17.9 Å². The van der Waals surface area contributed by atoms with Crippen LogP contribution in [0, 0.1) is 6.92 Å². The minimum absolute atomic E-state index is 0.111. The molecule has 156 valence electrons. The molecule has 0 bridgehead atoms. The van der Waals surface area contributed by atoms with Gasteiger partial charge in [-0.25, -0.2) is 4.68 Å². The first-order valence-electron chi connectivity index (χ1n) is 9.28. The Hall–Kier alpha value is -3.00. The molecular weight excluding hydrogens is 417 g/mol. The molecule has 0 fully saturated rings. The molecule has 2 heterocycles. The van der Waals surface area contributed by atoms with E-state index in [2.05, 4.69) is 15.7 Å². The van der Waals surface area contributed by atoms with Crippen LogP contribution in [-0.2, 0) is 0 Å². The SMILES string of the molecule is Cc1c(Cl)cccc1NC(=O)c1cc2n(n1)C(C(F)(F)F)CC(c1ccccc1)N2. The van der Waals surface area contributed by atoms with E-state index in [0.29, 0.717) is 16.3 Å². The van der Waals surface area contributed by atoms with Gasteiger partial charge in [-0.3, -0.25) is 4.79 Å². The summed E-state index contributed by atoms with van der Waals surface area (Å²) in [7, 11) is 0. The van der Waals surface area contributed by atoms with Crippen molar-refractivity contribution in [3.05, 3.63) is 76.4 Å². The third-order valence-electron chi connectivity index (χ3n) is 5.14. The van der Waals surface area contributed by atoms with Gasteiger partial charge in [0.15, 0.2) is 11.7 Å². The molecule has 0 aliphatic carbocycles. The molecule has 30 heavy (non-hydrogen) atoms. The molecule has 2 atom stereocenters. The van der Waals surface area contributed by atoms with Gasteiger partial charge in [0, 0.05) is 23.2 Å². The van der Waals surface area contributed by atoms with Gasteiger partial charge in [-0.1, -0.05) is 48.0 Å². The van der Waals surface area contributed by atoms with Crippen LogP contribution in [0.1, 0.15) is 40.1 Å². The predicted molar refractivity (Wildman–Crippen MR) is 109 cm³/mol. The van der Waals surface area contributed by atoms with E-state index in [0.717, 1.165) is 10.2 Å². The number of amides is 1. The molecule has 0 saturated heterocycles. The van der Waals surface area contributed by atoms with E-state index in [1.54, 1.807) is 55.5 Å². The highest BCUT2D eigenvalue weighted by Crippen LogP contribution is 2.43. The lowest BCUT2D eigenvalue weighted by Crippen LogP contribution is -2.35. The summed E-state index contributed by atoms with van der Waals surface area (Å²) in [6, 6.07) is 12.9. The Bertz CT molecular complexity index is 1080. The number of nitrogens with one attached hydrogen (secondary N) is 2. The number of halogens is 4. The molecule has 1 aromatic heterocycles. The van der Waals surface area contributed by atoms with Gasteiger partial charge in [-0.2, -0.15) is 18.3 Å². The molecule has 1 aliphatic rings. The Morgan fingerprint density at radius 2 is 1.93 bits per heavy atom. The van der Waals surface area contributed by atoms with Crippen molar-refractivity contribution in [2.24, 2.45) is 0 Å². The highest BCUT2D eigenvalue weighted by molar-refractivity contribution is 6.31. The number of aromatic nitrogens is 2. The number of carbonyl (C=O) groups excluding carboxylic acids is 1. The first-order chi connectivity index (χ1) is 14.2. The van der Waals surface area contributed by atoms with Crippen LogP contribution in [0.4, 0.5) is 24.7 Å². The Morgan fingerprint density at radius 1 is 1.20 bits per heavy atom. The van der Waals surface area contributed by atoms with Crippen molar-refractivity contribution >= 4 is 29.0 Å². The van der Waals surface area contributed by atoms with Gasteiger partial charge >= 0.3 is 6.18 Å². The summed E-state index contributed by atoms with van der Waals surface area (Å²) in [6.07, 6.45) is -4.73. The van der Waals surface area contributed by atoms with Crippen LogP contribution in [0.25, 0.3) is 0 Å². The lowest BCUT2D eigenvalue weighted by Gasteiger charge is -2.33. The summed E-state index contributed by atoms with van der Waals surface area (Å²) in [5, 5.41) is 10.2. The maximum atomic E-state index is 13.8. The van der Waals surface area contributed by atoms with Crippen LogP contribution in [0.3, 0.4) is 0 Å². The first kappa shape index (κ1) is 20.3. The van der Waals surface area contributed by atoms with E-state index in [1.807, 2.05) is 0 Å². The third kappa shape index (κ3) is 3.87. The number of nitrogens with zero attached hydrogens (tertiary/aromatic N) is 2. The molecule has 9 heteroatoms. The maximum Gasteiger partial charge on any atom is 0.410 e. The highest BCUT2D eigenvalue weighted by atomic mass is 35.5. The number of hydrogen-bond acceptors (Lipinski definition) is 3. The van der Waals surface area contributed by atoms with Crippen LogP contribution in [0.5, 0.6) is 0 Å². The second-order valence-electron chi connectivity index (χ2n) is 7.13. The smallest absolute Gasteiger partial charge is 0.363 e. The van der Waals surface area contributed by atoms with Crippen LogP contribution in [0.2, 0.25) is 5.02 Å². The maximum absolute atomic E-state index is 13.8. The van der Waals surface area contributed by atoms with E-state index in [9.17, 15) is 18.0 Å². The van der Waals surface area contributed by atoms with E-state index >= 15 is 0 Å². The van der Waals surface area contributed by atoms with E-state index in [1.165, 1.54) is 6.07 Å². The third-order valence-corrected chi connectivity index (χ3v) is 5.55. The summed E-state index contributed by atoms with van der Waals surface area (Å²) < 4.78 is 42.1. The second-order valence-corrected chi connectivity index (χ2v) is 7.53. The predicted octanol–water partition coefficient (Wildman–Crippen LogP) is 5.76. The monoisotopic (exact) mass is 434 g/mol. The first-order valence-corrected chi connectivity index (χ1v) is 9.66. The lowest BCUT2D eigenvalue weighted by atomic mass is 9.97. The van der Waals surface area contributed by atoms with Crippen LogP contribution in [0.15, 0.2) is 54.6 Å². The standard InChI is InChI=1S/C21H18ClF3N4O/c1-12-14(22)8-5-9-15(12)27-20(30)17-11-19-26-16(13-6-3-2-4-7-13)10-18(21(23,24)25)29(19)28-17/h2-9,11,16,18,26H,10H2,1H3,(H,27,30). The molecule has 0 radical (unpaired) electrons. The quantitative estimate of drug-likeness (QED) is 0.551. The van der Waals surface area contributed by atoms with Gasteiger partial charge in [0.2, 0.25) is 0 Å². The highest BCUT2D eigenvalue weighted by Gasteiger charge is 2.46. The molecule has 2 N–H and O–H groups in total. The number of benzene rings is 2.